The van der Waals surface area contributed by atoms with Crippen LogP contribution in [0.5, 0.6) is 5.88 Å². The summed E-state index contributed by atoms with van der Waals surface area (Å²) < 4.78 is 10.8. The first-order chi connectivity index (χ1) is 8.83. The number of ether oxygens (including phenoxy) is 2. The summed E-state index contributed by atoms with van der Waals surface area (Å²) in [5, 5.41) is 3.29. The van der Waals surface area contributed by atoms with E-state index in [4.69, 9.17) is 9.47 Å². The number of hydrogen-bond acceptors (Lipinski definition) is 5. The molecule has 0 spiro atoms. The Morgan fingerprint density at radius 3 is 3.11 bits per heavy atom. The van der Waals surface area contributed by atoms with E-state index in [0.29, 0.717) is 12.0 Å². The lowest BCUT2D eigenvalue weighted by Crippen LogP contribution is -2.20. The fourth-order valence-corrected chi connectivity index (χ4v) is 2.32. The summed E-state index contributed by atoms with van der Waals surface area (Å²) in [7, 11) is 3.57. The largest absolute Gasteiger partial charge is 0.481 e. The molecular formula is C13H21N3O2. The zero-order chi connectivity index (χ0) is 12.8. The van der Waals surface area contributed by atoms with Gasteiger partial charge in [0, 0.05) is 18.7 Å². The Balaban J connectivity index is 1.93. The molecule has 2 atom stereocenters. The lowest BCUT2D eigenvalue weighted by atomic mass is 10.0. The van der Waals surface area contributed by atoms with Crippen LogP contribution >= 0.6 is 0 Å². The third-order valence-electron chi connectivity index (χ3n) is 3.38. The molecule has 5 nitrogen and oxygen atoms in total. The summed E-state index contributed by atoms with van der Waals surface area (Å²) in [5.74, 6) is 0.609. The van der Waals surface area contributed by atoms with Gasteiger partial charge >= 0.3 is 0 Å². The molecule has 1 aromatic heterocycles. The van der Waals surface area contributed by atoms with Gasteiger partial charge in [-0.1, -0.05) is 0 Å². The predicted octanol–water partition coefficient (Wildman–Crippen LogP) is 1.70. The molecule has 2 heterocycles. The number of nitrogens with zero attached hydrogens (tertiary/aromatic N) is 2. The normalized spacial score (nSPS) is 20.9. The maximum Gasteiger partial charge on any atom is 0.216 e. The maximum absolute atomic E-state index is 5.64. The Morgan fingerprint density at radius 1 is 1.56 bits per heavy atom. The monoisotopic (exact) mass is 251 g/mol. The molecule has 1 fully saturated rings. The Kier molecular flexibility index (Phi) is 4.90. The van der Waals surface area contributed by atoms with Crippen molar-refractivity contribution in [1.82, 2.24) is 15.3 Å². The first kappa shape index (κ1) is 13.2. The molecule has 0 bridgehead atoms. The van der Waals surface area contributed by atoms with Crippen molar-refractivity contribution in [3.8, 4) is 5.88 Å². The van der Waals surface area contributed by atoms with Crippen LogP contribution in [0.2, 0.25) is 0 Å². The Labute approximate surface area is 108 Å². The molecule has 0 saturated carbocycles. The smallest absolute Gasteiger partial charge is 0.216 e. The summed E-state index contributed by atoms with van der Waals surface area (Å²) in [4.78, 5) is 8.34. The molecule has 0 amide bonds. The second-order valence-corrected chi connectivity index (χ2v) is 4.54. The number of rotatable bonds is 6. The minimum absolute atomic E-state index is 0.228. The van der Waals surface area contributed by atoms with Crippen molar-refractivity contribution in [2.24, 2.45) is 0 Å². The Hall–Kier alpha value is -1.20. The highest BCUT2D eigenvalue weighted by Crippen LogP contribution is 2.23. The van der Waals surface area contributed by atoms with Gasteiger partial charge in [-0.3, -0.25) is 0 Å². The van der Waals surface area contributed by atoms with Gasteiger partial charge < -0.3 is 14.8 Å². The van der Waals surface area contributed by atoms with E-state index in [2.05, 4.69) is 15.3 Å². The molecule has 0 radical (unpaired) electrons. The standard InChI is InChI=1S/C13H21N3O2/c1-14-11(6-5-10-4-3-7-18-10)12-8-13(17-2)16-9-15-12/h8-11,14H,3-7H2,1-2H3. The van der Waals surface area contributed by atoms with E-state index in [9.17, 15) is 0 Å². The maximum atomic E-state index is 5.64. The highest BCUT2D eigenvalue weighted by atomic mass is 16.5. The van der Waals surface area contributed by atoms with Crippen molar-refractivity contribution in [2.45, 2.75) is 37.8 Å². The first-order valence-corrected chi connectivity index (χ1v) is 6.48. The van der Waals surface area contributed by atoms with E-state index in [0.717, 1.165) is 25.1 Å². The van der Waals surface area contributed by atoms with Crippen molar-refractivity contribution in [1.29, 1.82) is 0 Å². The number of nitrogens with one attached hydrogen (secondary N) is 1. The Morgan fingerprint density at radius 2 is 2.44 bits per heavy atom. The van der Waals surface area contributed by atoms with Crippen LogP contribution < -0.4 is 10.1 Å². The van der Waals surface area contributed by atoms with Crippen LogP contribution in [0, 0.1) is 0 Å². The van der Waals surface area contributed by atoms with Crippen LogP contribution in [0.3, 0.4) is 0 Å². The minimum Gasteiger partial charge on any atom is -0.481 e. The molecule has 0 aliphatic carbocycles. The van der Waals surface area contributed by atoms with Gasteiger partial charge in [-0.05, 0) is 32.7 Å². The molecule has 2 unspecified atom stereocenters. The van der Waals surface area contributed by atoms with Crippen LogP contribution in [0.4, 0.5) is 0 Å². The van der Waals surface area contributed by atoms with Gasteiger partial charge in [0.25, 0.3) is 0 Å². The van der Waals surface area contributed by atoms with Gasteiger partial charge in [-0.15, -0.1) is 0 Å². The molecular weight excluding hydrogens is 230 g/mol. The highest BCUT2D eigenvalue weighted by Gasteiger charge is 2.19. The highest BCUT2D eigenvalue weighted by molar-refractivity contribution is 5.16. The van der Waals surface area contributed by atoms with E-state index < -0.39 is 0 Å². The van der Waals surface area contributed by atoms with Gasteiger partial charge in [-0.2, -0.15) is 0 Å². The number of hydrogen-bond donors (Lipinski definition) is 1. The van der Waals surface area contributed by atoms with Gasteiger partial charge in [0.15, 0.2) is 0 Å². The van der Waals surface area contributed by atoms with Crippen molar-refractivity contribution < 1.29 is 9.47 Å². The summed E-state index contributed by atoms with van der Waals surface area (Å²) in [5.41, 5.74) is 0.974. The van der Waals surface area contributed by atoms with Crippen molar-refractivity contribution in [3.05, 3.63) is 18.1 Å². The first-order valence-electron chi connectivity index (χ1n) is 6.48. The average molecular weight is 251 g/mol. The van der Waals surface area contributed by atoms with Crippen LogP contribution in [0.25, 0.3) is 0 Å². The molecule has 1 saturated heterocycles. The van der Waals surface area contributed by atoms with Gasteiger partial charge in [0.05, 0.1) is 18.9 Å². The van der Waals surface area contributed by atoms with E-state index >= 15 is 0 Å². The summed E-state index contributed by atoms with van der Waals surface area (Å²) in [6.07, 6.45) is 6.42. The van der Waals surface area contributed by atoms with E-state index in [1.807, 2.05) is 13.1 Å². The second-order valence-electron chi connectivity index (χ2n) is 4.54. The zero-order valence-corrected chi connectivity index (χ0v) is 11.1. The van der Waals surface area contributed by atoms with Gasteiger partial charge in [0.2, 0.25) is 5.88 Å². The van der Waals surface area contributed by atoms with Crippen LogP contribution in [-0.4, -0.2) is 36.8 Å². The molecule has 0 aromatic carbocycles. The SMILES string of the molecule is CNC(CCC1CCCO1)c1cc(OC)ncn1. The Bertz CT molecular complexity index is 367. The lowest BCUT2D eigenvalue weighted by molar-refractivity contribution is 0.0997. The van der Waals surface area contributed by atoms with Crippen LogP contribution in [-0.2, 0) is 4.74 Å². The van der Waals surface area contributed by atoms with E-state index in [1.54, 1.807) is 13.4 Å². The molecule has 18 heavy (non-hydrogen) atoms. The molecule has 1 aliphatic heterocycles. The molecule has 5 heteroatoms. The molecule has 1 aliphatic rings. The van der Waals surface area contributed by atoms with Crippen LogP contribution in [0.1, 0.15) is 37.4 Å². The van der Waals surface area contributed by atoms with E-state index in [-0.39, 0.29) is 6.04 Å². The quantitative estimate of drug-likeness (QED) is 0.834. The van der Waals surface area contributed by atoms with E-state index in [1.165, 1.54) is 12.8 Å². The molecule has 100 valence electrons. The lowest BCUT2D eigenvalue weighted by Gasteiger charge is -2.17. The topological polar surface area (TPSA) is 56.3 Å². The van der Waals surface area contributed by atoms with Crippen molar-refractivity contribution >= 4 is 0 Å². The van der Waals surface area contributed by atoms with Crippen LogP contribution in [0.15, 0.2) is 12.4 Å². The van der Waals surface area contributed by atoms with Crippen molar-refractivity contribution in [3.63, 3.8) is 0 Å². The molecule has 1 aromatic rings. The average Bonchev–Trinajstić information content (AvgIpc) is 2.93. The third kappa shape index (κ3) is 3.40. The summed E-state index contributed by atoms with van der Waals surface area (Å²) >= 11 is 0. The number of methoxy groups -OCH3 is 1. The van der Waals surface area contributed by atoms with Gasteiger partial charge in [-0.25, -0.2) is 9.97 Å². The fraction of sp³-hybridized carbons (Fsp3) is 0.692. The van der Waals surface area contributed by atoms with Gasteiger partial charge in [0.1, 0.15) is 6.33 Å². The molecule has 1 N–H and O–H groups in total. The predicted molar refractivity (Wildman–Crippen MR) is 68.6 cm³/mol. The summed E-state index contributed by atoms with van der Waals surface area (Å²) in [6, 6.07) is 2.11. The van der Waals surface area contributed by atoms with Crippen molar-refractivity contribution in [2.75, 3.05) is 20.8 Å². The molecule has 2 rings (SSSR count). The fourth-order valence-electron chi connectivity index (χ4n) is 2.32. The second kappa shape index (κ2) is 6.66. The number of aromatic nitrogens is 2. The summed E-state index contributed by atoms with van der Waals surface area (Å²) in [6.45, 7) is 0.913. The third-order valence-corrected chi connectivity index (χ3v) is 3.38. The zero-order valence-electron chi connectivity index (χ0n) is 11.1. The minimum atomic E-state index is 0.228.